The van der Waals surface area contributed by atoms with Crippen LogP contribution in [0.25, 0.3) is 0 Å². The van der Waals surface area contributed by atoms with Crippen molar-refractivity contribution in [3.05, 3.63) is 23.5 Å². The van der Waals surface area contributed by atoms with Crippen molar-refractivity contribution in [3.8, 4) is 0 Å². The van der Waals surface area contributed by atoms with Gasteiger partial charge in [0.1, 0.15) is 17.8 Å². The van der Waals surface area contributed by atoms with E-state index in [0.717, 1.165) is 36.6 Å². The van der Waals surface area contributed by atoms with Crippen LogP contribution in [0.2, 0.25) is 0 Å². The molecule has 0 radical (unpaired) electrons. The van der Waals surface area contributed by atoms with E-state index >= 15 is 0 Å². The van der Waals surface area contributed by atoms with Gasteiger partial charge in [0.05, 0.1) is 5.69 Å². The van der Waals surface area contributed by atoms with Crippen molar-refractivity contribution in [1.82, 2.24) is 4.98 Å². The van der Waals surface area contributed by atoms with Crippen molar-refractivity contribution in [2.75, 3.05) is 5.33 Å². The first-order valence-electron chi connectivity index (χ1n) is 5.89. The maximum Gasteiger partial charge on any atom is 0.148 e. The zero-order valence-electron chi connectivity index (χ0n) is 9.99. The minimum atomic E-state index is -0.790. The van der Waals surface area contributed by atoms with Gasteiger partial charge in [0.15, 0.2) is 0 Å². The molecule has 2 atom stereocenters. The molecule has 1 fully saturated rings. The molecule has 5 nitrogen and oxygen atoms in total. The van der Waals surface area contributed by atoms with Gasteiger partial charge in [0.2, 0.25) is 0 Å². The molecule has 2 unspecified atom stereocenters. The summed E-state index contributed by atoms with van der Waals surface area (Å²) in [7, 11) is 0. The monoisotopic (exact) mass is 312 g/mol. The lowest BCUT2D eigenvalue weighted by molar-refractivity contribution is 0.0370. The molecule has 1 heterocycles. The second-order valence-electron chi connectivity index (χ2n) is 4.72. The molecule has 0 amide bonds. The third kappa shape index (κ3) is 2.49. The third-order valence-electron chi connectivity index (χ3n) is 3.48. The van der Waals surface area contributed by atoms with Gasteiger partial charge in [0.25, 0.3) is 0 Å². The molecule has 0 saturated heterocycles. The van der Waals surface area contributed by atoms with Crippen molar-refractivity contribution < 1.29 is 5.11 Å². The van der Waals surface area contributed by atoms with E-state index in [1.807, 2.05) is 6.07 Å². The summed E-state index contributed by atoms with van der Waals surface area (Å²) in [5.41, 5.74) is 6.33. The molecule has 0 bridgehead atoms. The van der Waals surface area contributed by atoms with Crippen molar-refractivity contribution in [2.24, 2.45) is 16.6 Å². The fourth-order valence-electron chi connectivity index (χ4n) is 2.46. The van der Waals surface area contributed by atoms with Crippen LogP contribution in [0.5, 0.6) is 0 Å². The summed E-state index contributed by atoms with van der Waals surface area (Å²) in [6, 6.07) is 3.63. The Kier molecular flexibility index (Phi) is 3.87. The first-order valence-corrected chi connectivity index (χ1v) is 7.01. The standard InChI is InChI=1S/C12H17BrN4O/c13-6-8-3-4-12(18,5-8)10-2-1-9(17-10)11(15)16-7-14/h1-2,7-8,17-18H,3-6H2,(H3,14,15,16). The largest absolute Gasteiger partial charge is 0.384 e. The number of hydrogen-bond acceptors (Lipinski definition) is 2. The summed E-state index contributed by atoms with van der Waals surface area (Å²) in [5.74, 6) is 0.768. The highest BCUT2D eigenvalue weighted by Gasteiger charge is 2.39. The molecule has 2 rings (SSSR count). The van der Waals surface area contributed by atoms with Crippen LogP contribution in [0, 0.1) is 11.3 Å². The summed E-state index contributed by atoms with van der Waals surface area (Å²) >= 11 is 3.46. The van der Waals surface area contributed by atoms with E-state index in [1.54, 1.807) is 6.07 Å². The zero-order chi connectivity index (χ0) is 13.2. The number of alkyl halides is 1. The molecular weight excluding hydrogens is 296 g/mol. The van der Waals surface area contributed by atoms with Gasteiger partial charge >= 0.3 is 0 Å². The quantitative estimate of drug-likeness (QED) is 0.386. The highest BCUT2D eigenvalue weighted by Crippen LogP contribution is 2.42. The molecule has 0 aromatic carbocycles. The van der Waals surface area contributed by atoms with Crippen LogP contribution in [-0.4, -0.2) is 27.6 Å². The number of nitrogens with two attached hydrogens (primary N) is 1. The summed E-state index contributed by atoms with van der Waals surface area (Å²) in [4.78, 5) is 6.80. The number of nitrogens with one attached hydrogen (secondary N) is 2. The van der Waals surface area contributed by atoms with Crippen LogP contribution in [0.4, 0.5) is 0 Å². The lowest BCUT2D eigenvalue weighted by Crippen LogP contribution is -2.23. The van der Waals surface area contributed by atoms with E-state index in [-0.39, 0.29) is 5.84 Å². The van der Waals surface area contributed by atoms with Crippen LogP contribution >= 0.6 is 15.9 Å². The number of nitrogens with zero attached hydrogens (tertiary/aromatic N) is 1. The fourth-order valence-corrected chi connectivity index (χ4v) is 3.01. The zero-order valence-corrected chi connectivity index (χ0v) is 11.6. The van der Waals surface area contributed by atoms with Gasteiger partial charge in [0, 0.05) is 11.0 Å². The number of aromatic amines is 1. The Labute approximate surface area is 114 Å². The number of rotatable bonds is 4. The van der Waals surface area contributed by atoms with E-state index in [1.165, 1.54) is 0 Å². The molecule has 0 spiro atoms. The topological polar surface area (TPSA) is 98.2 Å². The Morgan fingerprint density at radius 2 is 2.50 bits per heavy atom. The van der Waals surface area contributed by atoms with Gasteiger partial charge < -0.3 is 15.8 Å². The maximum atomic E-state index is 10.6. The minimum Gasteiger partial charge on any atom is -0.384 e. The molecule has 18 heavy (non-hydrogen) atoms. The first kappa shape index (κ1) is 13.3. The summed E-state index contributed by atoms with van der Waals surface area (Å²) in [5, 5.41) is 18.4. The van der Waals surface area contributed by atoms with E-state index in [2.05, 4.69) is 25.9 Å². The van der Waals surface area contributed by atoms with Gasteiger partial charge in [-0.3, -0.25) is 5.41 Å². The fraction of sp³-hybridized carbons (Fsp3) is 0.500. The Hall–Kier alpha value is -1.14. The van der Waals surface area contributed by atoms with Gasteiger partial charge in [-0.1, -0.05) is 15.9 Å². The van der Waals surface area contributed by atoms with Crippen LogP contribution < -0.4 is 5.73 Å². The van der Waals surface area contributed by atoms with Crippen LogP contribution in [0.15, 0.2) is 17.1 Å². The molecule has 98 valence electrons. The molecule has 1 aromatic rings. The number of amidine groups is 1. The van der Waals surface area contributed by atoms with Gasteiger partial charge in [-0.2, -0.15) is 0 Å². The van der Waals surface area contributed by atoms with Gasteiger partial charge in [-0.05, 0) is 37.3 Å². The second-order valence-corrected chi connectivity index (χ2v) is 5.37. The van der Waals surface area contributed by atoms with Crippen molar-refractivity contribution >= 4 is 28.1 Å². The number of H-pyrrole nitrogens is 1. The van der Waals surface area contributed by atoms with Crippen molar-refractivity contribution in [2.45, 2.75) is 24.9 Å². The van der Waals surface area contributed by atoms with Crippen LogP contribution in [0.3, 0.4) is 0 Å². The smallest absolute Gasteiger partial charge is 0.148 e. The third-order valence-corrected chi connectivity index (χ3v) is 4.39. The maximum absolute atomic E-state index is 10.6. The van der Waals surface area contributed by atoms with E-state index in [4.69, 9.17) is 11.1 Å². The molecule has 1 aromatic heterocycles. The second kappa shape index (κ2) is 5.24. The average molecular weight is 313 g/mol. The summed E-state index contributed by atoms with van der Waals surface area (Å²) in [6.45, 7) is 0. The molecule has 1 aliphatic rings. The molecule has 5 N–H and O–H groups in total. The molecular formula is C12H17BrN4O. The average Bonchev–Trinajstić information content (AvgIpc) is 2.96. The molecule has 0 aliphatic heterocycles. The molecule has 1 aliphatic carbocycles. The predicted molar refractivity (Wildman–Crippen MR) is 75.3 cm³/mol. The van der Waals surface area contributed by atoms with E-state index in [0.29, 0.717) is 11.6 Å². The Morgan fingerprint density at radius 3 is 3.11 bits per heavy atom. The van der Waals surface area contributed by atoms with E-state index < -0.39 is 5.60 Å². The lowest BCUT2D eigenvalue weighted by Gasteiger charge is -2.21. The number of hydrogen-bond donors (Lipinski definition) is 4. The SMILES string of the molecule is N=C/N=C(/N)c1ccc(C2(O)CCC(CBr)C2)[nH]1. The van der Waals surface area contributed by atoms with Gasteiger partial charge in [-0.25, -0.2) is 4.99 Å². The highest BCUT2D eigenvalue weighted by molar-refractivity contribution is 9.09. The number of aliphatic hydroxyl groups is 1. The Morgan fingerprint density at radius 1 is 1.72 bits per heavy atom. The van der Waals surface area contributed by atoms with Gasteiger partial charge in [-0.15, -0.1) is 0 Å². The molecule has 1 saturated carbocycles. The summed E-state index contributed by atoms with van der Waals surface area (Å²) in [6.07, 6.45) is 3.42. The Balaban J connectivity index is 2.20. The normalized spacial score (nSPS) is 28.6. The highest BCUT2D eigenvalue weighted by atomic mass is 79.9. The minimum absolute atomic E-state index is 0.259. The number of halogens is 1. The van der Waals surface area contributed by atoms with Crippen molar-refractivity contribution in [3.63, 3.8) is 0 Å². The number of aliphatic imine (C=N–C) groups is 1. The lowest BCUT2D eigenvalue weighted by atomic mass is 9.97. The number of aromatic nitrogens is 1. The predicted octanol–water partition coefficient (Wildman–Crippen LogP) is 1.71. The first-order chi connectivity index (χ1) is 8.59. The summed E-state index contributed by atoms with van der Waals surface area (Å²) < 4.78 is 0. The Bertz CT molecular complexity index is 470. The van der Waals surface area contributed by atoms with Crippen LogP contribution in [0.1, 0.15) is 30.7 Å². The van der Waals surface area contributed by atoms with Crippen molar-refractivity contribution in [1.29, 1.82) is 5.41 Å². The van der Waals surface area contributed by atoms with Crippen LogP contribution in [-0.2, 0) is 5.60 Å². The van der Waals surface area contributed by atoms with E-state index in [9.17, 15) is 5.11 Å². The molecule has 6 heteroatoms.